The smallest absolute Gasteiger partial charge is 0.313 e. The highest BCUT2D eigenvalue weighted by atomic mass is 16.7. The maximum atomic E-state index is 12.2. The van der Waals surface area contributed by atoms with E-state index in [1.165, 1.54) is 64.2 Å². The fourth-order valence-electron chi connectivity index (χ4n) is 16.5. The Morgan fingerprint density at radius 3 is 1.00 bits per heavy atom. The van der Waals surface area contributed by atoms with Gasteiger partial charge in [-0.25, -0.2) is 0 Å². The Hall–Kier alpha value is -2.28. The van der Waals surface area contributed by atoms with Gasteiger partial charge in [-0.2, -0.15) is 0 Å². The molecular formula is C71H126O12. The van der Waals surface area contributed by atoms with E-state index in [1.807, 2.05) is 104 Å². The van der Waals surface area contributed by atoms with E-state index in [2.05, 4.69) is 83.1 Å². The van der Waals surface area contributed by atoms with Crippen LogP contribution in [0.25, 0.3) is 0 Å². The monoisotopic (exact) mass is 1170 g/mol. The zero-order valence-electron chi connectivity index (χ0n) is 58.3. The Labute approximate surface area is 507 Å². The van der Waals surface area contributed by atoms with Gasteiger partial charge in [-0.15, -0.1) is 0 Å². The molecule has 83 heavy (non-hydrogen) atoms. The molecule has 8 aliphatic carbocycles. The molecule has 0 aromatic carbocycles. The normalized spacial score (nSPS) is 35.7. The summed E-state index contributed by atoms with van der Waals surface area (Å²) in [5, 5.41) is 0. The molecular weight excluding hydrogens is 1040 g/mol. The summed E-state index contributed by atoms with van der Waals surface area (Å²) in [6.45, 7) is 57.0. The number of hydrogen-bond donors (Lipinski definition) is 0. The number of ether oxygens (including phenoxy) is 8. The van der Waals surface area contributed by atoms with Crippen LogP contribution in [0.15, 0.2) is 0 Å². The fourth-order valence-corrected chi connectivity index (χ4v) is 16.5. The maximum absolute atomic E-state index is 12.2. The molecule has 0 spiro atoms. The second-order valence-corrected chi connectivity index (χ2v) is 33.8. The van der Waals surface area contributed by atoms with Crippen molar-refractivity contribution in [3.05, 3.63) is 0 Å². The lowest BCUT2D eigenvalue weighted by molar-refractivity contribution is -0.219. The highest BCUT2D eigenvalue weighted by Crippen LogP contribution is 2.68. The van der Waals surface area contributed by atoms with Crippen LogP contribution >= 0.6 is 0 Å². The molecule has 0 aromatic rings. The topological polar surface area (TPSA) is 142 Å². The van der Waals surface area contributed by atoms with Crippen molar-refractivity contribution in [2.45, 2.75) is 333 Å². The minimum absolute atomic E-state index is 0.103. The van der Waals surface area contributed by atoms with Gasteiger partial charge in [-0.1, -0.05) is 111 Å². The average molecular weight is 1170 g/mol. The molecule has 0 radical (unpaired) electrons. The van der Waals surface area contributed by atoms with Crippen LogP contribution in [0.4, 0.5) is 0 Å². The first-order chi connectivity index (χ1) is 37.7. The summed E-state index contributed by atoms with van der Waals surface area (Å²) in [5.41, 5.74) is 0.206. The second-order valence-electron chi connectivity index (χ2n) is 33.8. The van der Waals surface area contributed by atoms with E-state index in [-0.39, 0.29) is 87.6 Å². The zero-order valence-corrected chi connectivity index (χ0v) is 58.3. The molecule has 12 heteroatoms. The molecule has 8 aliphatic rings. The average Bonchev–Trinajstić information content (AvgIpc) is 2.40. The molecule has 0 aromatic heterocycles. The van der Waals surface area contributed by atoms with Gasteiger partial charge in [0.2, 0.25) is 0 Å². The minimum atomic E-state index is -0.469. The third kappa shape index (κ3) is 14.3. The first-order valence-electron chi connectivity index (χ1n) is 33.1. The first-order valence-corrected chi connectivity index (χ1v) is 33.1. The summed E-state index contributed by atoms with van der Waals surface area (Å²) in [7, 11) is 0. The molecule has 0 saturated heterocycles. The predicted molar refractivity (Wildman–Crippen MR) is 330 cm³/mol. The van der Waals surface area contributed by atoms with Crippen LogP contribution in [-0.2, 0) is 57.1 Å². The lowest BCUT2D eigenvalue weighted by Gasteiger charge is -2.43. The number of carbonyl (C=O) groups excluding carboxylic acids is 4. The Kier molecular flexibility index (Phi) is 21.8. The van der Waals surface area contributed by atoms with Gasteiger partial charge in [-0.3, -0.25) is 19.2 Å². The number of esters is 4. The van der Waals surface area contributed by atoms with Crippen LogP contribution < -0.4 is 0 Å². The molecule has 15 unspecified atom stereocenters. The quantitative estimate of drug-likeness (QED) is 0.0650. The summed E-state index contributed by atoms with van der Waals surface area (Å²) in [5.74, 6) is 2.32. The second kappa shape index (κ2) is 25.3. The van der Waals surface area contributed by atoms with Gasteiger partial charge in [0.05, 0.1) is 46.1 Å². The third-order valence-electron chi connectivity index (χ3n) is 25.7. The van der Waals surface area contributed by atoms with Gasteiger partial charge < -0.3 is 37.9 Å². The van der Waals surface area contributed by atoms with Gasteiger partial charge in [0.1, 0.15) is 0 Å². The van der Waals surface area contributed by atoms with Crippen LogP contribution in [0.2, 0.25) is 0 Å². The molecule has 0 amide bonds. The van der Waals surface area contributed by atoms with Gasteiger partial charge >= 0.3 is 23.9 Å². The summed E-state index contributed by atoms with van der Waals surface area (Å²) in [6.07, 6.45) is 17.3. The first kappa shape index (κ1) is 71.5. The summed E-state index contributed by atoms with van der Waals surface area (Å²) < 4.78 is 46.5. The standard InChI is InChI=1S/3C18H32O3.C17H30O3/c2*1-8-16(3,4)15(19)21-12(2)20-14-17(5,6)13-9-10-18(14,7)11-13;1-8-16(3,4)15(19)21-12(2)20-14-11-13-9-10-18(14,7)17(13,5)6;1-7-15(2,3)14(18)20-11-19-13-10-12-8-9-17(13,6)16(12,4)5/h3*12-14H,8-11H2,1-7H3;12-13H,7-11H2,1-6H3. The Morgan fingerprint density at radius 1 is 0.422 bits per heavy atom. The van der Waals surface area contributed by atoms with Crippen LogP contribution in [0, 0.1) is 88.7 Å². The number of rotatable bonds is 20. The molecule has 15 atom stereocenters. The molecule has 8 bridgehead atoms. The van der Waals surface area contributed by atoms with Crippen molar-refractivity contribution >= 4 is 23.9 Å². The van der Waals surface area contributed by atoms with Crippen LogP contribution in [0.3, 0.4) is 0 Å². The largest absolute Gasteiger partial charge is 0.438 e. The van der Waals surface area contributed by atoms with E-state index in [4.69, 9.17) is 37.9 Å². The number of fused-ring (bicyclic) bond motifs is 8. The SMILES string of the molecule is CCC(C)(C)C(=O)OC(C)OC1C2(C)CCC(C2)C1(C)C.CCC(C)(C)C(=O)OC(C)OC1C2(C)CCC(C2)C1(C)C.CCC(C)(C)C(=O)OC(C)OC1CC2CCC1(C)C2(C)C.CCC(C)(C)C(=O)OCOC1CC2CCC1(C)C2(C)C. The van der Waals surface area contributed by atoms with Gasteiger partial charge in [0.25, 0.3) is 0 Å². The van der Waals surface area contributed by atoms with Gasteiger partial charge in [0, 0.05) is 0 Å². The Balaban J connectivity index is 0.000000203. The number of hydrogen-bond acceptors (Lipinski definition) is 12. The summed E-state index contributed by atoms with van der Waals surface area (Å²) >= 11 is 0. The van der Waals surface area contributed by atoms with Crippen LogP contribution in [-0.4, -0.2) is 74.0 Å². The lowest BCUT2D eigenvalue weighted by atomic mass is 9.70. The molecule has 482 valence electrons. The molecule has 8 fully saturated rings. The van der Waals surface area contributed by atoms with E-state index in [1.54, 1.807) is 0 Å². The lowest BCUT2D eigenvalue weighted by Crippen LogP contribution is -2.45. The van der Waals surface area contributed by atoms with Crippen molar-refractivity contribution < 1.29 is 57.1 Å². The molecule has 0 heterocycles. The molecule has 0 N–H and O–H groups in total. The van der Waals surface area contributed by atoms with Crippen molar-refractivity contribution in [2.75, 3.05) is 6.79 Å². The molecule has 0 aliphatic heterocycles. The summed E-state index contributed by atoms with van der Waals surface area (Å²) in [6, 6.07) is 0. The number of carbonyl (C=O) groups is 4. The Morgan fingerprint density at radius 2 is 0.723 bits per heavy atom. The predicted octanol–water partition coefficient (Wildman–Crippen LogP) is 17.8. The highest BCUT2D eigenvalue weighted by molar-refractivity contribution is 5.77. The van der Waals surface area contributed by atoms with Crippen LogP contribution in [0.1, 0.15) is 290 Å². The van der Waals surface area contributed by atoms with Gasteiger partial charge in [0.15, 0.2) is 25.7 Å². The van der Waals surface area contributed by atoms with E-state index in [0.29, 0.717) is 10.8 Å². The Bertz CT molecular complexity index is 2150. The van der Waals surface area contributed by atoms with Crippen molar-refractivity contribution in [2.24, 2.45) is 88.7 Å². The van der Waals surface area contributed by atoms with Crippen molar-refractivity contribution in [3.8, 4) is 0 Å². The molecule has 8 rings (SSSR count). The summed E-state index contributed by atoms with van der Waals surface area (Å²) in [4.78, 5) is 48.4. The molecule has 12 nitrogen and oxygen atoms in total. The fraction of sp³-hybridized carbons (Fsp3) is 0.944. The van der Waals surface area contributed by atoms with Crippen molar-refractivity contribution in [1.29, 1.82) is 0 Å². The van der Waals surface area contributed by atoms with E-state index >= 15 is 0 Å². The van der Waals surface area contributed by atoms with Crippen molar-refractivity contribution in [1.82, 2.24) is 0 Å². The third-order valence-corrected chi connectivity index (χ3v) is 25.7. The van der Waals surface area contributed by atoms with E-state index in [0.717, 1.165) is 62.2 Å². The van der Waals surface area contributed by atoms with Crippen LogP contribution in [0.5, 0.6) is 0 Å². The van der Waals surface area contributed by atoms with E-state index in [9.17, 15) is 19.2 Å². The maximum Gasteiger partial charge on any atom is 0.313 e. The zero-order chi connectivity index (χ0) is 63.3. The van der Waals surface area contributed by atoms with E-state index < -0.39 is 40.5 Å². The minimum Gasteiger partial charge on any atom is -0.438 e. The molecule has 8 saturated carbocycles. The van der Waals surface area contributed by atoms with Crippen molar-refractivity contribution in [3.63, 3.8) is 0 Å². The highest BCUT2D eigenvalue weighted by Gasteiger charge is 2.65. The van der Waals surface area contributed by atoms with Gasteiger partial charge in [-0.05, 0) is 246 Å².